The summed E-state index contributed by atoms with van der Waals surface area (Å²) >= 11 is 0. The molecule has 3 aromatic rings. The lowest BCUT2D eigenvalue weighted by Crippen LogP contribution is -2.55. The predicted octanol–water partition coefficient (Wildman–Crippen LogP) is 5.63. The minimum absolute atomic E-state index is 0.130. The maximum atomic E-state index is 5.27. The summed E-state index contributed by atoms with van der Waals surface area (Å²) in [6.07, 6.45) is 4.63. The lowest BCUT2D eigenvalue weighted by molar-refractivity contribution is 0.0507. The lowest BCUT2D eigenvalue weighted by atomic mass is 9.79. The van der Waals surface area contributed by atoms with Crippen molar-refractivity contribution in [2.75, 3.05) is 40.3 Å². The Kier molecular flexibility index (Phi) is 8.77. The van der Waals surface area contributed by atoms with Crippen molar-refractivity contribution in [1.29, 1.82) is 0 Å². The Hall–Kier alpha value is -2.25. The average Bonchev–Trinajstić information content (AvgIpc) is 3.29. The third kappa shape index (κ3) is 5.81. The number of aryl methyl sites for hydroxylation is 1. The van der Waals surface area contributed by atoms with Crippen LogP contribution < -0.4 is 5.32 Å². The molecule has 0 saturated carbocycles. The van der Waals surface area contributed by atoms with Crippen LogP contribution in [0.3, 0.4) is 0 Å². The molecule has 3 atom stereocenters. The normalized spacial score (nSPS) is 23.5. The van der Waals surface area contributed by atoms with Gasteiger partial charge in [-0.15, -0.1) is 0 Å². The number of likely N-dealkylation sites (tertiary alicyclic amines) is 1. The van der Waals surface area contributed by atoms with Crippen molar-refractivity contribution in [3.63, 3.8) is 0 Å². The number of nitrogens with zero attached hydrogens (tertiary/aromatic N) is 5. The van der Waals surface area contributed by atoms with Gasteiger partial charge in [0.15, 0.2) is 0 Å². The monoisotopic (exact) mass is 530 g/mol. The van der Waals surface area contributed by atoms with Gasteiger partial charge in [-0.2, -0.15) is 0 Å². The third-order valence-electron chi connectivity index (χ3n) is 9.30. The first-order valence-corrected chi connectivity index (χ1v) is 15.3. The summed E-state index contributed by atoms with van der Waals surface area (Å²) in [6.45, 7) is 15.6. The maximum Gasteiger partial charge on any atom is 0.127 e. The van der Waals surface area contributed by atoms with E-state index >= 15 is 0 Å². The zero-order chi connectivity index (χ0) is 27.6. The van der Waals surface area contributed by atoms with E-state index < -0.39 is 0 Å². The number of rotatable bonds is 9. The molecule has 0 spiro atoms. The van der Waals surface area contributed by atoms with Crippen molar-refractivity contribution in [1.82, 2.24) is 29.6 Å². The molecule has 39 heavy (non-hydrogen) atoms. The minimum atomic E-state index is 0.130. The van der Waals surface area contributed by atoms with Gasteiger partial charge in [-0.1, -0.05) is 49.7 Å². The first-order chi connectivity index (χ1) is 18.8. The van der Waals surface area contributed by atoms with E-state index in [1.807, 2.05) is 0 Å². The van der Waals surface area contributed by atoms with E-state index in [-0.39, 0.29) is 5.54 Å². The van der Waals surface area contributed by atoms with Gasteiger partial charge in [-0.25, -0.2) is 4.98 Å². The number of benzene rings is 2. The van der Waals surface area contributed by atoms with E-state index in [0.29, 0.717) is 18.1 Å². The van der Waals surface area contributed by atoms with E-state index in [0.717, 1.165) is 64.0 Å². The van der Waals surface area contributed by atoms with Crippen molar-refractivity contribution < 1.29 is 0 Å². The molecule has 1 aromatic heterocycles. The van der Waals surface area contributed by atoms with Crippen LogP contribution in [0.1, 0.15) is 76.4 Å². The molecule has 6 heteroatoms. The smallest absolute Gasteiger partial charge is 0.127 e. The molecule has 1 N–H and O–H groups in total. The van der Waals surface area contributed by atoms with Gasteiger partial charge in [0.1, 0.15) is 5.82 Å². The van der Waals surface area contributed by atoms with Crippen LogP contribution >= 0.6 is 0 Å². The van der Waals surface area contributed by atoms with E-state index in [9.17, 15) is 0 Å². The van der Waals surface area contributed by atoms with Gasteiger partial charge >= 0.3 is 0 Å². The number of piperazine rings is 1. The van der Waals surface area contributed by atoms with Crippen molar-refractivity contribution >= 4 is 11.0 Å². The van der Waals surface area contributed by atoms with Gasteiger partial charge in [-0.3, -0.25) is 14.7 Å². The van der Waals surface area contributed by atoms with E-state index in [4.69, 9.17) is 4.98 Å². The summed E-state index contributed by atoms with van der Waals surface area (Å²) < 4.78 is 2.50. The number of aromatic nitrogens is 2. The molecular weight excluding hydrogens is 480 g/mol. The Balaban J connectivity index is 1.35. The molecule has 2 aliphatic rings. The minimum Gasteiger partial charge on any atom is -0.327 e. The Morgan fingerprint density at radius 3 is 2.31 bits per heavy atom. The van der Waals surface area contributed by atoms with Gasteiger partial charge in [0.05, 0.1) is 17.1 Å². The van der Waals surface area contributed by atoms with Crippen LogP contribution in [-0.2, 0) is 18.6 Å². The van der Waals surface area contributed by atoms with Crippen LogP contribution in [0.25, 0.3) is 11.0 Å². The zero-order valence-electron chi connectivity index (χ0n) is 25.2. The number of hydrogen-bond acceptors (Lipinski definition) is 5. The zero-order valence-corrected chi connectivity index (χ0v) is 25.2. The fourth-order valence-corrected chi connectivity index (χ4v) is 7.33. The van der Waals surface area contributed by atoms with E-state index in [1.54, 1.807) is 0 Å². The SMILES string of the molecule is CCCC(c1nc2ccc(CN3CCC(c4ccccc4)(N(C)C)CC3)cc2n1CC)N1C[C@@H](C)N[C@@H](C)C1. The number of fused-ring (bicyclic) bond motifs is 1. The topological polar surface area (TPSA) is 39.6 Å². The van der Waals surface area contributed by atoms with Crippen LogP contribution in [0.4, 0.5) is 0 Å². The summed E-state index contributed by atoms with van der Waals surface area (Å²) in [4.78, 5) is 13.0. The summed E-state index contributed by atoms with van der Waals surface area (Å²) in [5.74, 6) is 1.25. The lowest BCUT2D eigenvalue weighted by Gasteiger charge is -2.46. The molecule has 2 saturated heterocycles. The molecule has 0 radical (unpaired) electrons. The summed E-state index contributed by atoms with van der Waals surface area (Å²) in [5, 5.41) is 3.70. The molecule has 212 valence electrons. The predicted molar refractivity (Wildman–Crippen MR) is 163 cm³/mol. The van der Waals surface area contributed by atoms with Crippen molar-refractivity contribution in [3.8, 4) is 0 Å². The Labute approximate surface area is 236 Å². The average molecular weight is 531 g/mol. The first kappa shape index (κ1) is 28.3. The molecule has 1 unspecified atom stereocenters. The third-order valence-corrected chi connectivity index (χ3v) is 9.30. The molecule has 2 fully saturated rings. The van der Waals surface area contributed by atoms with Crippen LogP contribution in [0.15, 0.2) is 48.5 Å². The molecular formula is C33H50N6. The highest BCUT2D eigenvalue weighted by Crippen LogP contribution is 2.38. The fraction of sp³-hybridized carbons (Fsp3) is 0.606. The molecule has 2 aromatic carbocycles. The Bertz CT molecular complexity index is 1200. The molecule has 0 amide bonds. The van der Waals surface area contributed by atoms with Gasteiger partial charge in [-0.05, 0) is 77.4 Å². The van der Waals surface area contributed by atoms with Crippen LogP contribution in [0.2, 0.25) is 0 Å². The van der Waals surface area contributed by atoms with Crippen molar-refractivity contribution in [2.45, 2.75) is 90.1 Å². The van der Waals surface area contributed by atoms with Crippen LogP contribution in [0.5, 0.6) is 0 Å². The molecule has 3 heterocycles. The first-order valence-electron chi connectivity index (χ1n) is 15.3. The van der Waals surface area contributed by atoms with E-state index in [2.05, 4.69) is 115 Å². The molecule has 2 aliphatic heterocycles. The quantitative estimate of drug-likeness (QED) is 0.388. The number of piperidine rings is 1. The summed E-state index contributed by atoms with van der Waals surface area (Å²) in [6, 6.07) is 19.5. The van der Waals surface area contributed by atoms with Gasteiger partial charge < -0.3 is 9.88 Å². The van der Waals surface area contributed by atoms with Gasteiger partial charge in [0.2, 0.25) is 0 Å². The molecule has 0 bridgehead atoms. The molecule has 6 nitrogen and oxygen atoms in total. The highest BCUT2D eigenvalue weighted by molar-refractivity contribution is 5.77. The van der Waals surface area contributed by atoms with Crippen molar-refractivity contribution in [3.05, 3.63) is 65.5 Å². The van der Waals surface area contributed by atoms with Crippen LogP contribution in [-0.4, -0.2) is 76.6 Å². The Morgan fingerprint density at radius 1 is 1.00 bits per heavy atom. The molecule has 0 aliphatic carbocycles. The second-order valence-electron chi connectivity index (χ2n) is 12.3. The standard InChI is InChI=1S/C33H50N6/c1-7-12-30(38-22-25(3)34-26(4)23-38)32-35-29-16-15-27(21-31(29)39(32)8-2)24-37-19-17-33(18-20-37,36(5)6)28-13-10-9-11-14-28/h9-11,13-16,21,25-26,30,34H,7-8,12,17-20,22-24H2,1-6H3/t25-,26+,30?. The fourth-order valence-electron chi connectivity index (χ4n) is 7.33. The number of nitrogens with one attached hydrogen (secondary N) is 1. The Morgan fingerprint density at radius 2 is 1.69 bits per heavy atom. The second kappa shape index (κ2) is 12.1. The largest absolute Gasteiger partial charge is 0.327 e. The second-order valence-corrected chi connectivity index (χ2v) is 12.3. The van der Waals surface area contributed by atoms with Crippen molar-refractivity contribution in [2.24, 2.45) is 0 Å². The van der Waals surface area contributed by atoms with Crippen LogP contribution in [0, 0.1) is 0 Å². The molecule has 5 rings (SSSR count). The summed E-state index contributed by atoms with van der Waals surface area (Å²) in [7, 11) is 4.49. The highest BCUT2D eigenvalue weighted by Gasteiger charge is 2.38. The number of imidazole rings is 1. The highest BCUT2D eigenvalue weighted by atomic mass is 15.3. The summed E-state index contributed by atoms with van der Waals surface area (Å²) in [5.41, 5.74) is 5.42. The number of hydrogen-bond donors (Lipinski definition) is 1. The van der Waals surface area contributed by atoms with Gasteiger partial charge in [0, 0.05) is 56.9 Å². The maximum absolute atomic E-state index is 5.27. The van der Waals surface area contributed by atoms with Gasteiger partial charge in [0.25, 0.3) is 0 Å². The van der Waals surface area contributed by atoms with E-state index in [1.165, 1.54) is 28.9 Å².